The molecule has 3 aromatic rings. The van der Waals surface area contributed by atoms with Crippen LogP contribution in [0.25, 0.3) is 11.0 Å². The van der Waals surface area contributed by atoms with Gasteiger partial charge < -0.3 is 15.0 Å². The molecule has 1 aliphatic rings. The lowest BCUT2D eigenvalue weighted by Gasteiger charge is -2.28. The number of aliphatic hydroxyl groups is 1. The molecule has 4 rings (SSSR count). The number of carbonyl (C=O) groups is 1. The lowest BCUT2D eigenvalue weighted by molar-refractivity contribution is 0.102. The van der Waals surface area contributed by atoms with Crippen molar-refractivity contribution in [3.05, 3.63) is 52.1 Å². The van der Waals surface area contributed by atoms with E-state index in [0.29, 0.717) is 28.9 Å². The van der Waals surface area contributed by atoms with E-state index < -0.39 is 5.91 Å². The minimum Gasteiger partial charge on any atom is -0.393 e. The summed E-state index contributed by atoms with van der Waals surface area (Å²) in [6, 6.07) is 5.27. The van der Waals surface area contributed by atoms with Gasteiger partial charge in [0.1, 0.15) is 16.2 Å². The molecule has 0 aromatic carbocycles. The predicted molar refractivity (Wildman–Crippen MR) is 104 cm³/mol. The molecule has 1 amide bonds. The average Bonchev–Trinajstić information content (AvgIpc) is 3.08. The summed E-state index contributed by atoms with van der Waals surface area (Å²) in [7, 11) is 0. The van der Waals surface area contributed by atoms with Crippen molar-refractivity contribution >= 4 is 33.5 Å². The van der Waals surface area contributed by atoms with Gasteiger partial charge in [0.2, 0.25) is 5.43 Å². The third kappa shape index (κ3) is 3.50. The molecular formula is C19H20N4O3S. The molecule has 140 valence electrons. The number of carbonyl (C=O) groups excluding carboxylic acids is 1. The molecule has 3 aromatic heterocycles. The Morgan fingerprint density at radius 1 is 1.33 bits per heavy atom. The molecule has 2 N–H and O–H groups in total. The van der Waals surface area contributed by atoms with Gasteiger partial charge in [0.25, 0.3) is 5.91 Å². The first-order chi connectivity index (χ1) is 13.0. The van der Waals surface area contributed by atoms with Crippen molar-refractivity contribution in [2.24, 2.45) is 0 Å². The van der Waals surface area contributed by atoms with Crippen LogP contribution in [-0.4, -0.2) is 31.0 Å². The van der Waals surface area contributed by atoms with E-state index in [1.54, 1.807) is 30.6 Å². The van der Waals surface area contributed by atoms with Crippen LogP contribution in [0, 0.1) is 6.92 Å². The van der Waals surface area contributed by atoms with Crippen LogP contribution in [0.4, 0.5) is 5.00 Å². The van der Waals surface area contributed by atoms with E-state index in [1.165, 1.54) is 11.5 Å². The summed E-state index contributed by atoms with van der Waals surface area (Å²) in [6.07, 6.45) is 5.95. The summed E-state index contributed by atoms with van der Waals surface area (Å²) < 4.78 is 6.07. The zero-order chi connectivity index (χ0) is 19.0. The number of rotatable bonds is 3. The first kappa shape index (κ1) is 17.8. The first-order valence-corrected chi connectivity index (χ1v) is 9.73. The Morgan fingerprint density at radius 2 is 2.11 bits per heavy atom. The molecule has 0 unspecified atom stereocenters. The number of nitrogens with zero attached hydrogens (tertiary/aromatic N) is 3. The number of aryl methyl sites for hydroxylation is 1. The molecule has 1 saturated carbocycles. The van der Waals surface area contributed by atoms with Crippen molar-refractivity contribution < 1.29 is 9.90 Å². The van der Waals surface area contributed by atoms with Crippen molar-refractivity contribution in [2.75, 3.05) is 5.32 Å². The van der Waals surface area contributed by atoms with Crippen molar-refractivity contribution in [3.63, 3.8) is 0 Å². The number of anilines is 1. The number of aliphatic hydroxyl groups excluding tert-OH is 1. The molecule has 3 heterocycles. The summed E-state index contributed by atoms with van der Waals surface area (Å²) in [5.41, 5.74) is 1.15. The Balaban J connectivity index is 1.77. The summed E-state index contributed by atoms with van der Waals surface area (Å²) in [5, 5.41) is 13.6. The third-order valence-electron chi connectivity index (χ3n) is 4.96. The van der Waals surface area contributed by atoms with Gasteiger partial charge in [-0.05, 0) is 62.3 Å². The fourth-order valence-corrected chi connectivity index (χ4v) is 4.22. The third-order valence-corrected chi connectivity index (χ3v) is 5.75. The summed E-state index contributed by atoms with van der Waals surface area (Å²) in [5.74, 6) is -0.445. The van der Waals surface area contributed by atoms with Gasteiger partial charge in [0.15, 0.2) is 0 Å². The van der Waals surface area contributed by atoms with Crippen LogP contribution in [0.5, 0.6) is 0 Å². The molecule has 0 radical (unpaired) electrons. The van der Waals surface area contributed by atoms with Gasteiger partial charge in [-0.1, -0.05) is 0 Å². The SMILES string of the molecule is Cc1cc(NC(=O)c2cn(C3CCC(O)CC3)c3ncccc3c2=O)sn1. The Bertz CT molecular complexity index is 1050. The molecule has 8 heteroatoms. The minimum absolute atomic E-state index is 0.0904. The zero-order valence-electron chi connectivity index (χ0n) is 14.9. The highest BCUT2D eigenvalue weighted by molar-refractivity contribution is 7.10. The van der Waals surface area contributed by atoms with E-state index in [2.05, 4.69) is 14.7 Å². The highest BCUT2D eigenvalue weighted by atomic mass is 32.1. The smallest absolute Gasteiger partial charge is 0.261 e. The number of hydrogen-bond acceptors (Lipinski definition) is 6. The highest BCUT2D eigenvalue weighted by Gasteiger charge is 2.24. The van der Waals surface area contributed by atoms with Crippen LogP contribution < -0.4 is 10.7 Å². The monoisotopic (exact) mass is 384 g/mol. The molecule has 0 bridgehead atoms. The van der Waals surface area contributed by atoms with Crippen LogP contribution in [0.2, 0.25) is 0 Å². The fourth-order valence-electron chi connectivity index (χ4n) is 3.56. The second kappa shape index (κ2) is 7.21. The summed E-state index contributed by atoms with van der Waals surface area (Å²) in [4.78, 5) is 30.0. The molecule has 1 aliphatic carbocycles. The number of hydrogen-bond donors (Lipinski definition) is 2. The predicted octanol–water partition coefficient (Wildman–Crippen LogP) is 2.89. The number of fused-ring (bicyclic) bond motifs is 1. The van der Waals surface area contributed by atoms with Crippen LogP contribution in [0.1, 0.15) is 47.8 Å². The van der Waals surface area contributed by atoms with Crippen LogP contribution in [-0.2, 0) is 0 Å². The largest absolute Gasteiger partial charge is 0.393 e. The minimum atomic E-state index is -0.445. The molecule has 0 aliphatic heterocycles. The van der Waals surface area contributed by atoms with Crippen molar-refractivity contribution in [1.82, 2.24) is 13.9 Å². The molecule has 0 atom stereocenters. The molecule has 0 spiro atoms. The van der Waals surface area contributed by atoms with Gasteiger partial charge in [-0.25, -0.2) is 4.98 Å². The Hall–Kier alpha value is -2.58. The van der Waals surface area contributed by atoms with E-state index in [-0.39, 0.29) is 23.1 Å². The van der Waals surface area contributed by atoms with E-state index >= 15 is 0 Å². The van der Waals surface area contributed by atoms with Crippen molar-refractivity contribution in [3.8, 4) is 0 Å². The number of pyridine rings is 2. The second-order valence-electron chi connectivity index (χ2n) is 6.90. The molecule has 27 heavy (non-hydrogen) atoms. The van der Waals surface area contributed by atoms with E-state index in [0.717, 1.165) is 18.5 Å². The van der Waals surface area contributed by atoms with Crippen LogP contribution >= 0.6 is 11.5 Å². The quantitative estimate of drug-likeness (QED) is 0.724. The molecule has 7 nitrogen and oxygen atoms in total. The summed E-state index contributed by atoms with van der Waals surface area (Å²) in [6.45, 7) is 1.85. The van der Waals surface area contributed by atoms with E-state index in [4.69, 9.17) is 0 Å². The van der Waals surface area contributed by atoms with Gasteiger partial charge in [-0.15, -0.1) is 0 Å². The zero-order valence-corrected chi connectivity index (χ0v) is 15.7. The lowest BCUT2D eigenvalue weighted by atomic mass is 9.92. The van der Waals surface area contributed by atoms with Crippen LogP contribution in [0.3, 0.4) is 0 Å². The molecule has 1 fully saturated rings. The maximum absolute atomic E-state index is 12.9. The van der Waals surface area contributed by atoms with E-state index in [9.17, 15) is 14.7 Å². The average molecular weight is 384 g/mol. The number of aromatic nitrogens is 3. The van der Waals surface area contributed by atoms with Gasteiger partial charge in [0.05, 0.1) is 17.2 Å². The van der Waals surface area contributed by atoms with Crippen molar-refractivity contribution in [1.29, 1.82) is 0 Å². The fraction of sp³-hybridized carbons (Fsp3) is 0.368. The highest BCUT2D eigenvalue weighted by Crippen LogP contribution is 2.30. The number of nitrogens with one attached hydrogen (secondary N) is 1. The first-order valence-electron chi connectivity index (χ1n) is 8.95. The topological polar surface area (TPSA) is 97.1 Å². The summed E-state index contributed by atoms with van der Waals surface area (Å²) >= 11 is 1.18. The maximum Gasteiger partial charge on any atom is 0.261 e. The number of amides is 1. The van der Waals surface area contributed by atoms with Gasteiger partial charge in [-0.2, -0.15) is 4.37 Å². The Labute approximate surface area is 159 Å². The lowest BCUT2D eigenvalue weighted by Crippen LogP contribution is -2.27. The van der Waals surface area contributed by atoms with Gasteiger partial charge in [0, 0.05) is 18.4 Å². The van der Waals surface area contributed by atoms with Gasteiger partial charge in [-0.3, -0.25) is 9.59 Å². The van der Waals surface area contributed by atoms with E-state index in [1.807, 2.05) is 11.5 Å². The second-order valence-corrected chi connectivity index (χ2v) is 7.71. The van der Waals surface area contributed by atoms with Crippen molar-refractivity contribution in [2.45, 2.75) is 44.8 Å². The Kier molecular flexibility index (Phi) is 4.75. The normalized spacial score (nSPS) is 19.9. The molecular weight excluding hydrogens is 364 g/mol. The van der Waals surface area contributed by atoms with Gasteiger partial charge >= 0.3 is 0 Å². The standard InChI is InChI=1S/C19H20N4O3S/c1-11-9-16(27-22-11)21-19(26)15-10-23(12-4-6-13(24)7-5-12)18-14(17(15)25)3-2-8-20-18/h2-3,8-10,12-13,24H,4-7H2,1H3,(H,21,26). The van der Waals surface area contributed by atoms with Crippen LogP contribution in [0.15, 0.2) is 35.4 Å². The maximum atomic E-state index is 12.9. The molecule has 0 saturated heterocycles. The Morgan fingerprint density at radius 3 is 2.81 bits per heavy atom.